The van der Waals surface area contributed by atoms with Gasteiger partial charge < -0.3 is 14.4 Å². The van der Waals surface area contributed by atoms with Crippen molar-refractivity contribution in [2.24, 2.45) is 27.3 Å². The summed E-state index contributed by atoms with van der Waals surface area (Å²) in [5, 5.41) is 6.85. The molecule has 2 aliphatic carbocycles. The first-order valence-corrected chi connectivity index (χ1v) is 16.9. The van der Waals surface area contributed by atoms with E-state index in [1.54, 1.807) is 13.2 Å². The first-order valence-electron chi connectivity index (χ1n) is 14.8. The lowest BCUT2D eigenvalue weighted by atomic mass is 9.70. The Balaban J connectivity index is 1.44. The summed E-state index contributed by atoms with van der Waals surface area (Å²) in [7, 11) is -1.40. The van der Waals surface area contributed by atoms with E-state index >= 15 is 0 Å². The molecule has 2 aromatic carbocycles. The van der Waals surface area contributed by atoms with Crippen LogP contribution in [0.2, 0.25) is 5.02 Å². The summed E-state index contributed by atoms with van der Waals surface area (Å²) in [6.07, 6.45) is 10.2. The maximum Gasteiger partial charge on any atom is 0.286 e. The minimum Gasteiger partial charge on any atom is -0.488 e. The van der Waals surface area contributed by atoms with E-state index in [1.807, 2.05) is 25.1 Å². The summed E-state index contributed by atoms with van der Waals surface area (Å²) in [6, 6.07) is 11.7. The van der Waals surface area contributed by atoms with E-state index < -0.39 is 15.8 Å². The molecule has 41 heavy (non-hydrogen) atoms. The molecule has 1 amide bonds. The molecule has 2 aliphatic heterocycles. The topological polar surface area (TPSA) is 94.2 Å². The predicted octanol–water partition coefficient (Wildman–Crippen LogP) is 6.15. The number of anilines is 1. The third-order valence-corrected chi connectivity index (χ3v) is 11.1. The van der Waals surface area contributed by atoms with E-state index in [9.17, 15) is 9.00 Å². The number of benzene rings is 2. The van der Waals surface area contributed by atoms with Gasteiger partial charge in [-0.3, -0.25) is 4.79 Å². The average Bonchev–Trinajstić information content (AvgIpc) is 3.16. The van der Waals surface area contributed by atoms with Gasteiger partial charge in [-0.2, -0.15) is 0 Å². The molecule has 6 rings (SSSR count). The van der Waals surface area contributed by atoms with Crippen LogP contribution in [0.5, 0.6) is 5.75 Å². The standard InChI is InChI=1S/C32H40ClN3O4S/c1-20-5-3-7-29(39-2)26-12-9-23(26)17-36-18-27-25-13-11-24(33)15-21(25)6-4-8-30(27)40-31-14-10-22(16-28(31)36)32(37)35-41(34,38)19-20/h3,7,10-11,13-16,20,23,26-27,29-30H,4-6,8-9,12,17-19H2,1-2H3,(H2,34,35,37,38)/b7-3+/t20-,23-,26+,27+,29-,30?,41?/m0/s1. The number of rotatable bonds is 1. The molecule has 220 valence electrons. The first kappa shape index (κ1) is 28.7. The molecule has 2 N–H and O–H groups in total. The van der Waals surface area contributed by atoms with Gasteiger partial charge in [0, 0.05) is 42.5 Å². The maximum absolute atomic E-state index is 13.3. The zero-order chi connectivity index (χ0) is 28.7. The largest absolute Gasteiger partial charge is 0.488 e. The Morgan fingerprint density at radius 2 is 2.00 bits per heavy atom. The number of hydrogen-bond donors (Lipinski definition) is 1. The SMILES string of the molecule is CO[C@H]1/C=C/C[C@H](C)CS(N)(=O)=NC(=O)c2ccc3c(c2)N(C[C@@H]2CC[C@H]21)C[C@@H]1c2ccc(Cl)cc2CCCC1O3. The molecule has 0 spiro atoms. The second-order valence-electron chi connectivity index (χ2n) is 12.3. The third kappa shape index (κ3) is 6.07. The number of hydrogen-bond acceptors (Lipinski definition) is 5. The van der Waals surface area contributed by atoms with Gasteiger partial charge in [0.2, 0.25) is 0 Å². The van der Waals surface area contributed by atoms with Gasteiger partial charge in [0.05, 0.1) is 11.8 Å². The highest BCUT2D eigenvalue weighted by Gasteiger charge is 2.41. The van der Waals surface area contributed by atoms with Gasteiger partial charge in [0.25, 0.3) is 5.91 Å². The number of nitrogens with zero attached hydrogens (tertiary/aromatic N) is 2. The predicted molar refractivity (Wildman–Crippen MR) is 164 cm³/mol. The molecule has 7 nitrogen and oxygen atoms in total. The summed E-state index contributed by atoms with van der Waals surface area (Å²) >= 11 is 6.41. The minimum absolute atomic E-state index is 0.0117. The molecule has 2 heterocycles. The number of methoxy groups -OCH3 is 1. The molecule has 2 aromatic rings. The molecule has 0 aromatic heterocycles. The Morgan fingerprint density at radius 1 is 1.15 bits per heavy atom. The van der Waals surface area contributed by atoms with Crippen LogP contribution >= 0.6 is 11.6 Å². The fourth-order valence-electron chi connectivity index (χ4n) is 7.16. The van der Waals surface area contributed by atoms with Gasteiger partial charge in [0.15, 0.2) is 0 Å². The van der Waals surface area contributed by atoms with Gasteiger partial charge in [-0.15, -0.1) is 4.36 Å². The summed E-state index contributed by atoms with van der Waals surface area (Å²) in [5.74, 6) is 1.41. The van der Waals surface area contributed by atoms with Crippen molar-refractivity contribution in [3.05, 3.63) is 70.3 Å². The number of carbonyl (C=O) groups excluding carboxylic acids is 1. The minimum atomic E-state index is -3.18. The molecular weight excluding hydrogens is 558 g/mol. The number of allylic oxidation sites excluding steroid dienone is 1. The lowest BCUT2D eigenvalue weighted by molar-refractivity contribution is 0.0134. The van der Waals surface area contributed by atoms with Crippen molar-refractivity contribution in [1.29, 1.82) is 0 Å². The maximum atomic E-state index is 13.3. The summed E-state index contributed by atoms with van der Waals surface area (Å²) in [6.45, 7) is 3.59. The molecule has 1 saturated carbocycles. The smallest absolute Gasteiger partial charge is 0.286 e. The molecule has 4 aliphatic rings. The van der Waals surface area contributed by atoms with Crippen molar-refractivity contribution in [3.8, 4) is 5.75 Å². The van der Waals surface area contributed by atoms with Crippen molar-refractivity contribution in [2.45, 2.75) is 63.6 Å². The zero-order valence-corrected chi connectivity index (χ0v) is 25.4. The van der Waals surface area contributed by atoms with Crippen LogP contribution in [0, 0.1) is 17.8 Å². The van der Waals surface area contributed by atoms with Crippen LogP contribution in [-0.2, 0) is 21.1 Å². The summed E-state index contributed by atoms with van der Waals surface area (Å²) in [4.78, 5) is 15.7. The molecule has 1 fully saturated rings. The number of ether oxygens (including phenoxy) is 2. The zero-order valence-electron chi connectivity index (χ0n) is 23.8. The van der Waals surface area contributed by atoms with Crippen molar-refractivity contribution < 1.29 is 18.5 Å². The number of carbonyl (C=O) groups is 1. The fourth-order valence-corrected chi connectivity index (χ4v) is 8.76. The Labute approximate surface area is 248 Å². The first-order chi connectivity index (χ1) is 19.7. The number of halogens is 1. The highest BCUT2D eigenvalue weighted by Crippen LogP contribution is 2.45. The molecule has 0 radical (unpaired) electrons. The number of fused-ring (bicyclic) bond motifs is 5. The Morgan fingerprint density at radius 3 is 2.78 bits per heavy atom. The van der Waals surface area contributed by atoms with Crippen LogP contribution in [0.1, 0.15) is 66.4 Å². The molecule has 0 saturated heterocycles. The summed E-state index contributed by atoms with van der Waals surface area (Å²) < 4.78 is 29.9. The second-order valence-corrected chi connectivity index (χ2v) is 14.6. The monoisotopic (exact) mass is 597 g/mol. The van der Waals surface area contributed by atoms with Crippen molar-refractivity contribution in [3.63, 3.8) is 0 Å². The normalized spacial score (nSPS) is 34.3. The quantitative estimate of drug-likeness (QED) is 0.398. The van der Waals surface area contributed by atoms with E-state index in [4.69, 9.17) is 26.2 Å². The van der Waals surface area contributed by atoms with Gasteiger partial charge in [-0.25, -0.2) is 9.35 Å². The second kappa shape index (κ2) is 11.7. The van der Waals surface area contributed by atoms with E-state index in [-0.39, 0.29) is 29.8 Å². The van der Waals surface area contributed by atoms with E-state index in [0.29, 0.717) is 23.8 Å². The van der Waals surface area contributed by atoms with Crippen LogP contribution in [0.25, 0.3) is 0 Å². The highest BCUT2D eigenvalue weighted by atomic mass is 35.5. The molecule has 2 bridgehead atoms. The van der Waals surface area contributed by atoms with Crippen LogP contribution in [0.3, 0.4) is 0 Å². The van der Waals surface area contributed by atoms with E-state index in [0.717, 1.165) is 61.7 Å². The van der Waals surface area contributed by atoms with E-state index in [2.05, 4.69) is 33.5 Å². The Kier molecular flexibility index (Phi) is 8.20. The Bertz CT molecular complexity index is 1470. The molecule has 7 atom stereocenters. The fraction of sp³-hybridized carbons (Fsp3) is 0.531. The van der Waals surface area contributed by atoms with Crippen LogP contribution < -0.4 is 14.8 Å². The average molecular weight is 598 g/mol. The lowest BCUT2D eigenvalue weighted by Crippen LogP contribution is -2.44. The van der Waals surface area contributed by atoms with Gasteiger partial charge >= 0.3 is 0 Å². The van der Waals surface area contributed by atoms with Gasteiger partial charge in [-0.05, 0) is 97.7 Å². The number of nitrogens with two attached hydrogens (primary N) is 1. The molecular formula is C32H40ClN3O4S. The van der Waals surface area contributed by atoms with Crippen molar-refractivity contribution in [1.82, 2.24) is 0 Å². The summed E-state index contributed by atoms with van der Waals surface area (Å²) in [5.41, 5.74) is 3.85. The van der Waals surface area contributed by atoms with Crippen LogP contribution in [0.15, 0.2) is 52.9 Å². The lowest BCUT2D eigenvalue weighted by Gasteiger charge is -2.43. The number of amides is 1. The third-order valence-electron chi connectivity index (χ3n) is 9.38. The van der Waals surface area contributed by atoms with Gasteiger partial charge in [0.1, 0.15) is 21.8 Å². The van der Waals surface area contributed by atoms with E-state index in [1.165, 1.54) is 11.1 Å². The molecule has 2 unspecified atom stereocenters. The van der Waals surface area contributed by atoms with Crippen LogP contribution in [0.4, 0.5) is 5.69 Å². The van der Waals surface area contributed by atoms with Crippen molar-refractivity contribution >= 4 is 33.1 Å². The highest BCUT2D eigenvalue weighted by molar-refractivity contribution is 7.91. The number of aryl methyl sites for hydroxylation is 1. The van der Waals surface area contributed by atoms with Gasteiger partial charge in [-0.1, -0.05) is 36.7 Å². The Hall–Kier alpha value is -2.39. The van der Waals surface area contributed by atoms with Crippen molar-refractivity contribution in [2.75, 3.05) is 30.9 Å². The van der Waals surface area contributed by atoms with Crippen LogP contribution in [-0.4, -0.2) is 48.3 Å². The molecule has 9 heteroatoms.